The quantitative estimate of drug-likeness (QED) is 0.210. The molecule has 0 fully saturated rings. The third kappa shape index (κ3) is 5.55. The predicted octanol–water partition coefficient (Wildman–Crippen LogP) is 7.30. The van der Waals surface area contributed by atoms with E-state index < -0.39 is 5.60 Å². The van der Waals surface area contributed by atoms with Crippen molar-refractivity contribution in [3.8, 4) is 5.75 Å². The van der Waals surface area contributed by atoms with Crippen molar-refractivity contribution < 1.29 is 9.84 Å². The highest BCUT2D eigenvalue weighted by Gasteiger charge is 2.40. The molecule has 0 bridgehead atoms. The molecule has 176 valence electrons. The second kappa shape index (κ2) is 11.0. The molecule has 34 heavy (non-hydrogen) atoms. The normalized spacial score (nSPS) is 14.2. The maximum atomic E-state index is 12.6. The van der Waals surface area contributed by atoms with Gasteiger partial charge in [-0.1, -0.05) is 82.7 Å². The van der Waals surface area contributed by atoms with E-state index in [1.54, 1.807) is 0 Å². The van der Waals surface area contributed by atoms with E-state index in [0.717, 1.165) is 44.2 Å². The fourth-order valence-corrected chi connectivity index (χ4v) is 5.24. The second-order valence-electron chi connectivity index (χ2n) is 8.85. The number of hydrogen-bond donors (Lipinski definition) is 1. The molecule has 5 heteroatoms. The molecule has 0 aliphatic rings. The van der Waals surface area contributed by atoms with E-state index in [1.165, 1.54) is 0 Å². The second-order valence-corrected chi connectivity index (χ2v) is 10.2. The number of alkyl halides is 1. The Labute approximate surface area is 218 Å². The predicted molar refractivity (Wildman–Crippen MR) is 148 cm³/mol. The van der Waals surface area contributed by atoms with E-state index >= 15 is 0 Å². The van der Waals surface area contributed by atoms with Crippen LogP contribution >= 0.6 is 31.9 Å². The standard InChI is InChI=1S/C29H29Br2NO2/c1-32(2)16-15-29(33,25-9-6-10-26(31)19-25)28(22-7-4-3-5-8-22)23-12-11-21-13-14-27(34-20-30)18-24(21)17-23/h3-14,17-19,28,33H,15-16,20H2,1-2H3. The molecule has 2 atom stereocenters. The summed E-state index contributed by atoms with van der Waals surface area (Å²) >= 11 is 6.95. The first-order chi connectivity index (χ1) is 16.4. The molecule has 4 aromatic carbocycles. The lowest BCUT2D eigenvalue weighted by molar-refractivity contribution is 0.00446. The molecular formula is C29H29Br2NO2. The monoisotopic (exact) mass is 581 g/mol. The summed E-state index contributed by atoms with van der Waals surface area (Å²) in [5.41, 5.74) is 2.37. The minimum Gasteiger partial charge on any atom is -0.482 e. The van der Waals surface area contributed by atoms with Crippen LogP contribution in [0.5, 0.6) is 5.75 Å². The molecule has 0 spiro atoms. The Morgan fingerprint density at radius 2 is 1.62 bits per heavy atom. The van der Waals surface area contributed by atoms with Crippen molar-refractivity contribution >= 4 is 42.6 Å². The number of halogens is 2. The van der Waals surface area contributed by atoms with Crippen molar-refractivity contribution in [1.82, 2.24) is 4.90 Å². The molecule has 0 aromatic heterocycles. The largest absolute Gasteiger partial charge is 0.482 e. The lowest BCUT2D eigenvalue weighted by atomic mass is 9.71. The van der Waals surface area contributed by atoms with Crippen LogP contribution in [0.1, 0.15) is 29.0 Å². The zero-order valence-corrected chi connectivity index (χ0v) is 22.6. The van der Waals surface area contributed by atoms with Crippen molar-refractivity contribution in [1.29, 1.82) is 0 Å². The van der Waals surface area contributed by atoms with E-state index in [4.69, 9.17) is 4.74 Å². The fourth-order valence-electron chi connectivity index (χ4n) is 4.57. The van der Waals surface area contributed by atoms with Crippen LogP contribution in [0, 0.1) is 0 Å². The summed E-state index contributed by atoms with van der Waals surface area (Å²) in [6.07, 6.45) is 0.584. The van der Waals surface area contributed by atoms with E-state index in [2.05, 4.69) is 79.2 Å². The Bertz CT molecular complexity index is 1250. The number of aliphatic hydroxyl groups is 1. The number of hydrogen-bond acceptors (Lipinski definition) is 3. The summed E-state index contributed by atoms with van der Waals surface area (Å²) in [5, 5.41) is 14.8. The van der Waals surface area contributed by atoms with Crippen LogP contribution in [0.4, 0.5) is 0 Å². The average molecular weight is 583 g/mol. The zero-order chi connectivity index (χ0) is 24.1. The van der Waals surface area contributed by atoms with Gasteiger partial charge in [-0.3, -0.25) is 0 Å². The highest BCUT2D eigenvalue weighted by molar-refractivity contribution is 9.10. The molecule has 4 aromatic rings. The maximum absolute atomic E-state index is 12.6. The van der Waals surface area contributed by atoms with Crippen LogP contribution in [0.15, 0.2) is 95.5 Å². The summed E-state index contributed by atoms with van der Waals surface area (Å²) in [7, 11) is 4.08. The van der Waals surface area contributed by atoms with Gasteiger partial charge in [-0.2, -0.15) is 0 Å². The van der Waals surface area contributed by atoms with E-state index in [0.29, 0.717) is 11.9 Å². The molecular weight excluding hydrogens is 554 g/mol. The Hall–Kier alpha value is -2.18. The number of benzene rings is 4. The minimum absolute atomic E-state index is 0.256. The first-order valence-corrected chi connectivity index (χ1v) is 13.2. The van der Waals surface area contributed by atoms with Crippen LogP contribution < -0.4 is 4.74 Å². The molecule has 0 saturated carbocycles. The minimum atomic E-state index is -1.12. The Morgan fingerprint density at radius 3 is 2.32 bits per heavy atom. The SMILES string of the molecule is CN(C)CCC(O)(c1cccc(Br)c1)C(c1ccccc1)c1ccc2ccc(OCBr)cc2c1. The van der Waals surface area contributed by atoms with Crippen molar-refractivity contribution in [3.63, 3.8) is 0 Å². The van der Waals surface area contributed by atoms with Gasteiger partial charge in [0.2, 0.25) is 0 Å². The van der Waals surface area contributed by atoms with Crippen LogP contribution in [-0.2, 0) is 5.60 Å². The molecule has 1 N–H and O–H groups in total. The molecule has 4 rings (SSSR count). The number of rotatable bonds is 9. The smallest absolute Gasteiger partial charge is 0.143 e. The Balaban J connectivity index is 1.92. The fraction of sp³-hybridized carbons (Fsp3) is 0.241. The molecule has 0 aliphatic carbocycles. The Kier molecular flexibility index (Phi) is 8.10. The van der Waals surface area contributed by atoms with Gasteiger partial charge in [0.1, 0.15) is 16.9 Å². The van der Waals surface area contributed by atoms with Crippen molar-refractivity contribution in [2.75, 3.05) is 26.2 Å². The lowest BCUT2D eigenvalue weighted by Crippen LogP contribution is -2.37. The van der Waals surface area contributed by atoms with Crippen LogP contribution in [0.3, 0.4) is 0 Å². The van der Waals surface area contributed by atoms with Gasteiger partial charge in [0.25, 0.3) is 0 Å². The molecule has 0 amide bonds. The third-order valence-corrected chi connectivity index (χ3v) is 6.99. The Morgan fingerprint density at radius 1 is 0.853 bits per heavy atom. The molecule has 0 radical (unpaired) electrons. The van der Waals surface area contributed by atoms with E-state index in [1.807, 2.05) is 62.6 Å². The summed E-state index contributed by atoms with van der Waals surface area (Å²) < 4.78 is 6.62. The van der Waals surface area contributed by atoms with Crippen molar-refractivity contribution in [3.05, 3.63) is 112 Å². The molecule has 0 saturated heterocycles. The molecule has 0 aliphatic heterocycles. The molecule has 2 unspecified atom stereocenters. The maximum Gasteiger partial charge on any atom is 0.143 e. The van der Waals surface area contributed by atoms with Crippen LogP contribution in [-0.4, -0.2) is 36.2 Å². The molecule has 3 nitrogen and oxygen atoms in total. The lowest BCUT2D eigenvalue weighted by Gasteiger charge is -2.39. The molecule has 0 heterocycles. The summed E-state index contributed by atoms with van der Waals surface area (Å²) in [6.45, 7) is 0.753. The van der Waals surface area contributed by atoms with Gasteiger partial charge in [-0.25, -0.2) is 0 Å². The van der Waals surface area contributed by atoms with Gasteiger partial charge in [0.05, 0.1) is 0 Å². The van der Waals surface area contributed by atoms with E-state index in [-0.39, 0.29) is 5.92 Å². The van der Waals surface area contributed by atoms with Gasteiger partial charge in [0.15, 0.2) is 0 Å². The van der Waals surface area contributed by atoms with Crippen molar-refractivity contribution in [2.45, 2.75) is 17.9 Å². The van der Waals surface area contributed by atoms with Gasteiger partial charge < -0.3 is 14.7 Å². The number of ether oxygens (including phenoxy) is 1. The van der Waals surface area contributed by atoms with Gasteiger partial charge in [0, 0.05) is 16.9 Å². The topological polar surface area (TPSA) is 32.7 Å². The van der Waals surface area contributed by atoms with Crippen LogP contribution in [0.25, 0.3) is 10.8 Å². The highest BCUT2D eigenvalue weighted by atomic mass is 79.9. The van der Waals surface area contributed by atoms with Gasteiger partial charge >= 0.3 is 0 Å². The van der Waals surface area contributed by atoms with Gasteiger partial charge in [-0.05, 0) is 88.2 Å². The summed E-state index contributed by atoms with van der Waals surface area (Å²) in [6, 6.07) is 30.9. The zero-order valence-electron chi connectivity index (χ0n) is 19.4. The van der Waals surface area contributed by atoms with E-state index in [9.17, 15) is 5.11 Å². The first kappa shape index (κ1) is 24.9. The average Bonchev–Trinajstić information content (AvgIpc) is 2.83. The summed E-state index contributed by atoms with van der Waals surface area (Å²) in [5.74, 6) is 0.556. The number of fused-ring (bicyclic) bond motifs is 1. The highest BCUT2D eigenvalue weighted by Crippen LogP contribution is 2.45. The van der Waals surface area contributed by atoms with Crippen molar-refractivity contribution in [2.24, 2.45) is 0 Å². The third-order valence-electron chi connectivity index (χ3n) is 6.27. The first-order valence-electron chi connectivity index (χ1n) is 11.3. The summed E-state index contributed by atoms with van der Waals surface area (Å²) in [4.78, 5) is 2.12. The number of nitrogens with zero attached hydrogens (tertiary/aromatic N) is 1. The van der Waals surface area contributed by atoms with Crippen LogP contribution in [0.2, 0.25) is 0 Å². The van der Waals surface area contributed by atoms with Gasteiger partial charge in [-0.15, -0.1) is 0 Å².